The van der Waals surface area contributed by atoms with Crippen LogP contribution in [0.2, 0.25) is 0 Å². The second-order valence-corrected chi connectivity index (χ2v) is 8.89. The molecule has 1 aliphatic rings. The highest BCUT2D eigenvalue weighted by Gasteiger charge is 2.34. The normalized spacial score (nSPS) is 15.9. The van der Waals surface area contributed by atoms with Gasteiger partial charge in [-0.1, -0.05) is 37.3 Å². The van der Waals surface area contributed by atoms with Crippen LogP contribution in [0.3, 0.4) is 0 Å². The first-order valence-electron chi connectivity index (χ1n) is 10.5. The lowest BCUT2D eigenvalue weighted by Crippen LogP contribution is -2.28. The van der Waals surface area contributed by atoms with E-state index in [4.69, 9.17) is 0 Å². The number of thioether (sulfide) groups is 1. The summed E-state index contributed by atoms with van der Waals surface area (Å²) < 4.78 is 0. The van der Waals surface area contributed by atoms with Crippen molar-refractivity contribution in [1.29, 1.82) is 0 Å². The molecule has 1 N–H and O–H groups in total. The van der Waals surface area contributed by atoms with Gasteiger partial charge in [-0.2, -0.15) is 0 Å². The third-order valence-electron chi connectivity index (χ3n) is 5.69. The standard InChI is InChI=1S/C26H26N2O2S/c1-4-19-9-11-20(12-10-19)25(30)27-22-7-5-6-21(15-22)26-28(24(29)16-31-26)23-13-8-17(2)18(3)14-23/h5-15,26H,4,16H2,1-3H3,(H,27,30). The largest absolute Gasteiger partial charge is 0.322 e. The Morgan fingerprint density at radius 1 is 1.03 bits per heavy atom. The van der Waals surface area contributed by atoms with Crippen molar-refractivity contribution in [1.82, 2.24) is 0 Å². The fourth-order valence-electron chi connectivity index (χ4n) is 3.69. The van der Waals surface area contributed by atoms with E-state index in [0.29, 0.717) is 11.3 Å². The van der Waals surface area contributed by atoms with E-state index in [1.54, 1.807) is 11.8 Å². The summed E-state index contributed by atoms with van der Waals surface area (Å²) in [6, 6.07) is 21.6. The number of benzene rings is 3. The number of nitrogens with one attached hydrogen (secondary N) is 1. The average Bonchev–Trinajstić information content (AvgIpc) is 3.17. The van der Waals surface area contributed by atoms with Crippen LogP contribution in [-0.2, 0) is 11.2 Å². The molecule has 0 saturated carbocycles. The number of anilines is 2. The SMILES string of the molecule is CCc1ccc(C(=O)Nc2cccc(C3SCC(=O)N3c3ccc(C)c(C)c3)c2)cc1. The van der Waals surface area contributed by atoms with Gasteiger partial charge in [0.1, 0.15) is 5.37 Å². The van der Waals surface area contributed by atoms with Crippen LogP contribution in [0.15, 0.2) is 66.7 Å². The maximum atomic E-state index is 12.7. The Balaban J connectivity index is 1.57. The minimum atomic E-state index is -0.138. The van der Waals surface area contributed by atoms with E-state index < -0.39 is 0 Å². The predicted molar refractivity (Wildman–Crippen MR) is 129 cm³/mol. The molecule has 158 valence electrons. The van der Waals surface area contributed by atoms with E-state index in [9.17, 15) is 9.59 Å². The van der Waals surface area contributed by atoms with E-state index in [1.807, 2.05) is 59.5 Å². The van der Waals surface area contributed by atoms with Gasteiger partial charge in [0.05, 0.1) is 5.75 Å². The van der Waals surface area contributed by atoms with Gasteiger partial charge in [-0.05, 0) is 78.9 Å². The summed E-state index contributed by atoms with van der Waals surface area (Å²) in [4.78, 5) is 27.2. The fraction of sp³-hybridized carbons (Fsp3) is 0.231. The molecule has 0 spiro atoms. The van der Waals surface area contributed by atoms with E-state index in [-0.39, 0.29) is 17.2 Å². The lowest BCUT2D eigenvalue weighted by atomic mass is 10.1. The first-order valence-corrected chi connectivity index (χ1v) is 11.5. The van der Waals surface area contributed by atoms with Crippen molar-refractivity contribution >= 4 is 35.0 Å². The molecule has 0 aromatic heterocycles. The molecule has 31 heavy (non-hydrogen) atoms. The molecule has 1 saturated heterocycles. The molecular formula is C26H26N2O2S. The Kier molecular flexibility index (Phi) is 6.14. The molecule has 4 nitrogen and oxygen atoms in total. The van der Waals surface area contributed by atoms with Gasteiger partial charge in [-0.15, -0.1) is 11.8 Å². The molecule has 2 amide bonds. The molecule has 1 heterocycles. The minimum absolute atomic E-state index is 0.101. The van der Waals surface area contributed by atoms with Gasteiger partial charge in [-0.25, -0.2) is 0 Å². The second kappa shape index (κ2) is 8.98. The molecule has 5 heteroatoms. The lowest BCUT2D eigenvalue weighted by molar-refractivity contribution is -0.115. The van der Waals surface area contributed by atoms with E-state index >= 15 is 0 Å². The molecule has 1 fully saturated rings. The first-order chi connectivity index (χ1) is 15.0. The van der Waals surface area contributed by atoms with Gasteiger partial charge < -0.3 is 5.32 Å². The van der Waals surface area contributed by atoms with Crippen molar-refractivity contribution in [3.63, 3.8) is 0 Å². The number of carbonyl (C=O) groups is 2. The monoisotopic (exact) mass is 430 g/mol. The van der Waals surface area contributed by atoms with Crippen LogP contribution in [0.4, 0.5) is 11.4 Å². The third-order valence-corrected chi connectivity index (χ3v) is 6.90. The van der Waals surface area contributed by atoms with Crippen LogP contribution in [0.1, 0.15) is 44.9 Å². The van der Waals surface area contributed by atoms with Crippen LogP contribution in [0.5, 0.6) is 0 Å². The molecule has 4 rings (SSSR count). The van der Waals surface area contributed by atoms with E-state index in [1.165, 1.54) is 11.1 Å². The highest BCUT2D eigenvalue weighted by Crippen LogP contribution is 2.42. The van der Waals surface area contributed by atoms with Gasteiger partial charge in [0, 0.05) is 16.9 Å². The van der Waals surface area contributed by atoms with Gasteiger partial charge in [0.15, 0.2) is 0 Å². The van der Waals surface area contributed by atoms with E-state index in [0.717, 1.165) is 28.9 Å². The maximum absolute atomic E-state index is 12.7. The average molecular weight is 431 g/mol. The molecule has 0 aliphatic carbocycles. The molecule has 3 aromatic rings. The Hall–Kier alpha value is -3.05. The molecule has 1 aliphatic heterocycles. The quantitative estimate of drug-likeness (QED) is 0.548. The van der Waals surface area contributed by atoms with Crippen molar-refractivity contribution in [2.24, 2.45) is 0 Å². The summed E-state index contributed by atoms with van der Waals surface area (Å²) in [5.41, 5.74) is 6.83. The van der Waals surface area contributed by atoms with Crippen molar-refractivity contribution < 1.29 is 9.59 Å². The molecule has 3 aromatic carbocycles. The van der Waals surface area contributed by atoms with Crippen molar-refractivity contribution in [2.45, 2.75) is 32.6 Å². The topological polar surface area (TPSA) is 49.4 Å². The number of nitrogens with zero attached hydrogens (tertiary/aromatic N) is 1. The molecule has 1 unspecified atom stereocenters. The second-order valence-electron chi connectivity index (χ2n) is 7.83. The zero-order chi connectivity index (χ0) is 22.0. The predicted octanol–water partition coefficient (Wildman–Crippen LogP) is 5.90. The summed E-state index contributed by atoms with van der Waals surface area (Å²) in [7, 11) is 0. The minimum Gasteiger partial charge on any atom is -0.322 e. The highest BCUT2D eigenvalue weighted by molar-refractivity contribution is 8.00. The molecule has 1 atom stereocenters. The van der Waals surface area contributed by atoms with Crippen molar-refractivity contribution in [3.05, 3.63) is 94.5 Å². The number of aryl methyl sites for hydroxylation is 3. The smallest absolute Gasteiger partial charge is 0.255 e. The summed E-state index contributed by atoms with van der Waals surface area (Å²) in [5, 5.41) is 2.87. The summed E-state index contributed by atoms with van der Waals surface area (Å²) >= 11 is 1.61. The molecule has 0 bridgehead atoms. The Morgan fingerprint density at radius 2 is 1.81 bits per heavy atom. The number of amides is 2. The third kappa shape index (κ3) is 4.52. The molecule has 0 radical (unpaired) electrons. The zero-order valence-electron chi connectivity index (χ0n) is 18.0. The zero-order valence-corrected chi connectivity index (χ0v) is 18.8. The fourth-order valence-corrected chi connectivity index (χ4v) is 4.86. The Morgan fingerprint density at radius 3 is 2.52 bits per heavy atom. The van der Waals surface area contributed by atoms with Gasteiger partial charge in [-0.3, -0.25) is 14.5 Å². The summed E-state index contributed by atoms with van der Waals surface area (Å²) in [6.45, 7) is 6.22. The summed E-state index contributed by atoms with van der Waals surface area (Å²) in [6.07, 6.45) is 0.943. The number of hydrogen-bond acceptors (Lipinski definition) is 3. The first kappa shape index (κ1) is 21.2. The van der Waals surface area contributed by atoms with Gasteiger partial charge in [0.25, 0.3) is 5.91 Å². The van der Waals surface area contributed by atoms with Crippen LogP contribution >= 0.6 is 11.8 Å². The van der Waals surface area contributed by atoms with Crippen LogP contribution in [-0.4, -0.2) is 17.6 Å². The maximum Gasteiger partial charge on any atom is 0.255 e. The number of rotatable bonds is 5. The van der Waals surface area contributed by atoms with Crippen molar-refractivity contribution in [3.8, 4) is 0 Å². The summed E-state index contributed by atoms with van der Waals surface area (Å²) in [5.74, 6) is 0.405. The van der Waals surface area contributed by atoms with Gasteiger partial charge >= 0.3 is 0 Å². The van der Waals surface area contributed by atoms with E-state index in [2.05, 4.69) is 38.2 Å². The molecular weight excluding hydrogens is 404 g/mol. The van der Waals surface area contributed by atoms with Gasteiger partial charge in [0.2, 0.25) is 5.91 Å². The Bertz CT molecular complexity index is 1120. The number of hydrogen-bond donors (Lipinski definition) is 1. The van der Waals surface area contributed by atoms with Crippen molar-refractivity contribution in [2.75, 3.05) is 16.0 Å². The van der Waals surface area contributed by atoms with Crippen LogP contribution < -0.4 is 10.2 Å². The lowest BCUT2D eigenvalue weighted by Gasteiger charge is -2.25. The number of carbonyl (C=O) groups excluding carboxylic acids is 2. The van der Waals surface area contributed by atoms with Crippen LogP contribution in [0.25, 0.3) is 0 Å². The van der Waals surface area contributed by atoms with Crippen LogP contribution in [0, 0.1) is 13.8 Å². The highest BCUT2D eigenvalue weighted by atomic mass is 32.2. The Labute approximate surface area is 187 Å².